The molecule has 0 radical (unpaired) electrons. The van der Waals surface area contributed by atoms with Crippen molar-refractivity contribution in [1.29, 1.82) is 0 Å². The Hall–Kier alpha value is -0.380. The molecule has 1 saturated carbocycles. The summed E-state index contributed by atoms with van der Waals surface area (Å²) < 4.78 is 5.99. The minimum atomic E-state index is 0.0541. The summed E-state index contributed by atoms with van der Waals surface area (Å²) in [5, 5.41) is 5.69. The van der Waals surface area contributed by atoms with Crippen molar-refractivity contribution in [2.75, 3.05) is 14.2 Å². The smallest absolute Gasteiger partial charge is 0.0831 e. The number of rotatable bonds is 6. The lowest BCUT2D eigenvalue weighted by Gasteiger charge is -2.44. The van der Waals surface area contributed by atoms with Crippen LogP contribution in [0.15, 0.2) is 17.5 Å². The van der Waals surface area contributed by atoms with Crippen LogP contribution in [-0.2, 0) is 11.2 Å². The summed E-state index contributed by atoms with van der Waals surface area (Å²) >= 11 is 1.86. The van der Waals surface area contributed by atoms with E-state index in [1.807, 2.05) is 18.4 Å². The van der Waals surface area contributed by atoms with Gasteiger partial charge in [0.1, 0.15) is 0 Å². The maximum absolute atomic E-state index is 5.99. The standard InChI is InChI=1S/C16H27NOS/c1-13-8-10-16(18-3,11-9-13)15(17-2)7-6-14-5-4-12-19-14/h4-5,12-13,15,17H,6-11H2,1-3H3. The second kappa shape index (κ2) is 6.87. The third-order valence-electron chi connectivity index (χ3n) is 4.77. The van der Waals surface area contributed by atoms with Gasteiger partial charge in [-0.25, -0.2) is 0 Å². The van der Waals surface area contributed by atoms with Crippen LogP contribution < -0.4 is 5.32 Å². The molecule has 1 atom stereocenters. The monoisotopic (exact) mass is 281 g/mol. The van der Waals surface area contributed by atoms with Gasteiger partial charge in [0.2, 0.25) is 0 Å². The number of hydrogen-bond donors (Lipinski definition) is 1. The minimum Gasteiger partial charge on any atom is -0.377 e. The molecule has 1 aliphatic carbocycles. The number of ether oxygens (including phenoxy) is 1. The zero-order valence-corrected chi connectivity index (χ0v) is 13.3. The van der Waals surface area contributed by atoms with E-state index in [2.05, 4.69) is 36.8 Å². The molecule has 0 aliphatic heterocycles. The lowest BCUT2D eigenvalue weighted by Crippen LogP contribution is -2.53. The maximum Gasteiger partial charge on any atom is 0.0831 e. The van der Waals surface area contributed by atoms with E-state index in [1.165, 1.54) is 37.0 Å². The molecular weight excluding hydrogens is 254 g/mol. The molecule has 2 rings (SSSR count). The van der Waals surface area contributed by atoms with Crippen molar-refractivity contribution in [1.82, 2.24) is 5.32 Å². The fraction of sp³-hybridized carbons (Fsp3) is 0.750. The van der Waals surface area contributed by atoms with Gasteiger partial charge in [0.05, 0.1) is 5.60 Å². The van der Waals surface area contributed by atoms with E-state index < -0.39 is 0 Å². The summed E-state index contributed by atoms with van der Waals surface area (Å²) in [5.41, 5.74) is 0.0541. The number of nitrogens with one attached hydrogen (secondary N) is 1. The van der Waals surface area contributed by atoms with E-state index >= 15 is 0 Å². The van der Waals surface area contributed by atoms with Gasteiger partial charge in [0.25, 0.3) is 0 Å². The summed E-state index contributed by atoms with van der Waals surface area (Å²) in [6, 6.07) is 4.84. The lowest BCUT2D eigenvalue weighted by atomic mass is 9.74. The Bertz CT molecular complexity index is 355. The molecule has 1 unspecified atom stereocenters. The fourth-order valence-corrected chi connectivity index (χ4v) is 4.08. The molecule has 1 aliphatic rings. The third-order valence-corrected chi connectivity index (χ3v) is 5.71. The highest BCUT2D eigenvalue weighted by atomic mass is 32.1. The quantitative estimate of drug-likeness (QED) is 0.855. The zero-order valence-electron chi connectivity index (χ0n) is 12.4. The van der Waals surface area contributed by atoms with E-state index in [9.17, 15) is 0 Å². The molecule has 3 heteroatoms. The van der Waals surface area contributed by atoms with Crippen molar-refractivity contribution in [3.8, 4) is 0 Å². The molecule has 0 spiro atoms. The van der Waals surface area contributed by atoms with Crippen LogP contribution in [0.3, 0.4) is 0 Å². The van der Waals surface area contributed by atoms with Crippen molar-refractivity contribution in [2.45, 2.75) is 57.1 Å². The number of likely N-dealkylation sites (N-methyl/N-ethyl adjacent to an activating group) is 1. The van der Waals surface area contributed by atoms with Crippen LogP contribution in [0.2, 0.25) is 0 Å². The molecule has 19 heavy (non-hydrogen) atoms. The maximum atomic E-state index is 5.99. The van der Waals surface area contributed by atoms with Crippen molar-refractivity contribution in [3.05, 3.63) is 22.4 Å². The van der Waals surface area contributed by atoms with Gasteiger partial charge >= 0.3 is 0 Å². The Morgan fingerprint density at radius 2 is 2.21 bits per heavy atom. The minimum absolute atomic E-state index is 0.0541. The summed E-state index contributed by atoms with van der Waals surface area (Å²) in [6.45, 7) is 2.36. The second-order valence-corrected chi connectivity index (χ2v) is 6.94. The van der Waals surface area contributed by atoms with Crippen LogP contribution in [0.4, 0.5) is 0 Å². The number of hydrogen-bond acceptors (Lipinski definition) is 3. The number of methoxy groups -OCH3 is 1. The SMILES string of the molecule is CNC(CCc1cccs1)C1(OC)CCC(C)CC1. The molecule has 1 aromatic rings. The summed E-state index contributed by atoms with van der Waals surface area (Å²) in [5.74, 6) is 0.859. The van der Waals surface area contributed by atoms with Crippen molar-refractivity contribution >= 4 is 11.3 Å². The highest BCUT2D eigenvalue weighted by molar-refractivity contribution is 7.09. The first-order valence-electron chi connectivity index (χ1n) is 7.45. The van der Waals surface area contributed by atoms with Gasteiger partial charge in [-0.2, -0.15) is 0 Å². The van der Waals surface area contributed by atoms with Gasteiger partial charge in [-0.05, 0) is 62.9 Å². The third kappa shape index (κ3) is 3.59. The molecule has 0 aromatic carbocycles. The van der Waals surface area contributed by atoms with Crippen LogP contribution in [0.5, 0.6) is 0 Å². The van der Waals surface area contributed by atoms with Crippen LogP contribution in [0.1, 0.15) is 43.9 Å². The summed E-state index contributed by atoms with van der Waals surface area (Å²) in [4.78, 5) is 1.48. The predicted molar refractivity (Wildman–Crippen MR) is 82.9 cm³/mol. The first-order chi connectivity index (χ1) is 9.20. The van der Waals surface area contributed by atoms with Crippen molar-refractivity contribution < 1.29 is 4.74 Å². The largest absolute Gasteiger partial charge is 0.377 e. The Labute approximate surface area is 121 Å². The predicted octanol–water partition coefficient (Wildman–Crippen LogP) is 3.86. The first-order valence-corrected chi connectivity index (χ1v) is 8.33. The average Bonchev–Trinajstić information content (AvgIpc) is 2.95. The van der Waals surface area contributed by atoms with E-state index in [0.717, 1.165) is 12.3 Å². The van der Waals surface area contributed by atoms with Gasteiger partial charge in [-0.1, -0.05) is 13.0 Å². The molecule has 1 aromatic heterocycles. The van der Waals surface area contributed by atoms with Crippen LogP contribution in [-0.4, -0.2) is 25.8 Å². The molecule has 0 amide bonds. The van der Waals surface area contributed by atoms with Crippen LogP contribution >= 0.6 is 11.3 Å². The Balaban J connectivity index is 1.97. The molecule has 0 saturated heterocycles. The van der Waals surface area contributed by atoms with Gasteiger partial charge in [-0.3, -0.25) is 0 Å². The van der Waals surface area contributed by atoms with Crippen molar-refractivity contribution in [2.24, 2.45) is 5.92 Å². The number of thiophene rings is 1. The van der Waals surface area contributed by atoms with E-state index in [0.29, 0.717) is 6.04 Å². The van der Waals surface area contributed by atoms with Gasteiger partial charge < -0.3 is 10.1 Å². The topological polar surface area (TPSA) is 21.3 Å². The van der Waals surface area contributed by atoms with Gasteiger partial charge in [0.15, 0.2) is 0 Å². The molecule has 1 N–H and O–H groups in total. The zero-order chi connectivity index (χ0) is 13.7. The molecular formula is C16H27NOS. The Morgan fingerprint density at radius 3 is 2.74 bits per heavy atom. The summed E-state index contributed by atoms with van der Waals surface area (Å²) in [7, 11) is 3.98. The molecule has 108 valence electrons. The first kappa shape index (κ1) is 15.0. The van der Waals surface area contributed by atoms with Crippen LogP contribution in [0.25, 0.3) is 0 Å². The Kier molecular flexibility index (Phi) is 5.43. The Morgan fingerprint density at radius 1 is 1.47 bits per heavy atom. The molecule has 1 fully saturated rings. The molecule has 1 heterocycles. The second-order valence-electron chi connectivity index (χ2n) is 5.91. The van der Waals surface area contributed by atoms with Gasteiger partial charge in [0, 0.05) is 18.0 Å². The van der Waals surface area contributed by atoms with E-state index in [4.69, 9.17) is 4.74 Å². The average molecular weight is 281 g/mol. The molecule has 2 nitrogen and oxygen atoms in total. The highest BCUT2D eigenvalue weighted by Gasteiger charge is 2.40. The molecule has 0 bridgehead atoms. The summed E-state index contributed by atoms with van der Waals surface area (Å²) in [6.07, 6.45) is 7.31. The lowest BCUT2D eigenvalue weighted by molar-refractivity contribution is -0.0748. The highest BCUT2D eigenvalue weighted by Crippen LogP contribution is 2.38. The fourth-order valence-electron chi connectivity index (χ4n) is 3.36. The van der Waals surface area contributed by atoms with Crippen molar-refractivity contribution in [3.63, 3.8) is 0 Å². The normalized spacial score (nSPS) is 29.3. The van der Waals surface area contributed by atoms with E-state index in [-0.39, 0.29) is 5.60 Å². The number of aryl methyl sites for hydroxylation is 1. The van der Waals surface area contributed by atoms with Crippen LogP contribution in [0, 0.1) is 5.92 Å². The van der Waals surface area contributed by atoms with Gasteiger partial charge in [-0.15, -0.1) is 11.3 Å². The van der Waals surface area contributed by atoms with E-state index in [1.54, 1.807) is 0 Å².